The summed E-state index contributed by atoms with van der Waals surface area (Å²) in [6, 6.07) is 5.55. The maximum absolute atomic E-state index is 11.9. The minimum Gasteiger partial charge on any atom is -0.435 e. The van der Waals surface area contributed by atoms with E-state index in [0.717, 1.165) is 12.8 Å². The molecule has 1 amide bonds. The highest BCUT2D eigenvalue weighted by Crippen LogP contribution is 2.14. The number of halogens is 3. The number of carbonyl (C=O) groups excluding carboxylic acids is 1. The number of unbranched alkanes of at least 4 members (excludes halogenated alkanes) is 1. The van der Waals surface area contributed by atoms with Crippen LogP contribution in [0.4, 0.5) is 8.78 Å². The summed E-state index contributed by atoms with van der Waals surface area (Å²) in [6.07, 6.45) is 1.66. The van der Waals surface area contributed by atoms with Gasteiger partial charge in [0.25, 0.3) is 5.91 Å². The molecular formula is C12H17ClF2N2O2. The fourth-order valence-corrected chi connectivity index (χ4v) is 1.36. The van der Waals surface area contributed by atoms with Crippen LogP contribution in [0.15, 0.2) is 24.3 Å². The predicted molar refractivity (Wildman–Crippen MR) is 70.9 cm³/mol. The Labute approximate surface area is 116 Å². The molecule has 4 nitrogen and oxygen atoms in total. The van der Waals surface area contributed by atoms with Gasteiger partial charge >= 0.3 is 6.61 Å². The maximum atomic E-state index is 11.9. The third-order valence-corrected chi connectivity index (χ3v) is 2.26. The summed E-state index contributed by atoms with van der Waals surface area (Å²) in [5, 5.41) is 2.71. The van der Waals surface area contributed by atoms with Gasteiger partial charge in [-0.15, -0.1) is 12.4 Å². The highest BCUT2D eigenvalue weighted by molar-refractivity contribution is 5.94. The summed E-state index contributed by atoms with van der Waals surface area (Å²) in [7, 11) is 0. The molecule has 0 aliphatic carbocycles. The molecule has 7 heteroatoms. The number of hydrogen-bond donors (Lipinski definition) is 2. The molecule has 0 heterocycles. The zero-order valence-corrected chi connectivity index (χ0v) is 11.1. The largest absolute Gasteiger partial charge is 0.435 e. The second-order valence-corrected chi connectivity index (χ2v) is 3.65. The molecule has 0 unspecified atom stereocenters. The number of alkyl halides is 2. The molecule has 0 aliphatic rings. The molecule has 0 spiro atoms. The fraction of sp³-hybridized carbons (Fsp3) is 0.417. The van der Waals surface area contributed by atoms with Crippen molar-refractivity contribution in [2.75, 3.05) is 13.1 Å². The predicted octanol–water partition coefficient (Wildman–Crippen LogP) is 2.18. The summed E-state index contributed by atoms with van der Waals surface area (Å²) < 4.78 is 28.0. The van der Waals surface area contributed by atoms with Crippen molar-refractivity contribution < 1.29 is 18.3 Å². The van der Waals surface area contributed by atoms with Crippen LogP contribution >= 0.6 is 12.4 Å². The number of amides is 1. The third kappa shape index (κ3) is 6.93. The van der Waals surface area contributed by atoms with E-state index >= 15 is 0 Å². The maximum Gasteiger partial charge on any atom is 0.387 e. The van der Waals surface area contributed by atoms with Gasteiger partial charge in [-0.1, -0.05) is 0 Å². The minimum absolute atomic E-state index is 0. The van der Waals surface area contributed by atoms with Crippen LogP contribution < -0.4 is 15.8 Å². The number of nitrogens with one attached hydrogen (secondary N) is 1. The van der Waals surface area contributed by atoms with E-state index in [2.05, 4.69) is 10.1 Å². The zero-order valence-electron chi connectivity index (χ0n) is 10.3. The normalized spacial score (nSPS) is 9.89. The van der Waals surface area contributed by atoms with Crippen molar-refractivity contribution in [2.45, 2.75) is 19.5 Å². The molecule has 0 aromatic heterocycles. The summed E-state index contributed by atoms with van der Waals surface area (Å²) in [4.78, 5) is 11.6. The minimum atomic E-state index is -2.86. The lowest BCUT2D eigenvalue weighted by atomic mass is 10.2. The molecule has 0 saturated heterocycles. The second kappa shape index (κ2) is 9.52. The van der Waals surface area contributed by atoms with Gasteiger partial charge in [0.15, 0.2) is 0 Å². The van der Waals surface area contributed by atoms with Crippen LogP contribution in [-0.2, 0) is 0 Å². The lowest BCUT2D eigenvalue weighted by Gasteiger charge is -2.06. The number of benzene rings is 1. The first-order valence-corrected chi connectivity index (χ1v) is 5.66. The van der Waals surface area contributed by atoms with Crippen LogP contribution in [0.1, 0.15) is 23.2 Å². The van der Waals surface area contributed by atoms with Gasteiger partial charge in [-0.25, -0.2) is 0 Å². The van der Waals surface area contributed by atoms with E-state index in [-0.39, 0.29) is 24.1 Å². The average molecular weight is 295 g/mol. The second-order valence-electron chi connectivity index (χ2n) is 3.65. The Morgan fingerprint density at radius 1 is 1.26 bits per heavy atom. The van der Waals surface area contributed by atoms with Gasteiger partial charge in [-0.05, 0) is 43.7 Å². The van der Waals surface area contributed by atoms with Crippen LogP contribution in [0.2, 0.25) is 0 Å². The van der Waals surface area contributed by atoms with Crippen LogP contribution in [0.25, 0.3) is 0 Å². The number of rotatable bonds is 7. The van der Waals surface area contributed by atoms with Crippen molar-refractivity contribution in [1.82, 2.24) is 5.32 Å². The molecule has 0 bridgehead atoms. The highest BCUT2D eigenvalue weighted by Gasteiger charge is 2.07. The Morgan fingerprint density at radius 3 is 2.42 bits per heavy atom. The number of nitrogens with two attached hydrogens (primary N) is 1. The Balaban J connectivity index is 0.00000324. The van der Waals surface area contributed by atoms with Crippen molar-refractivity contribution in [3.63, 3.8) is 0 Å². The number of hydrogen-bond acceptors (Lipinski definition) is 3. The van der Waals surface area contributed by atoms with Gasteiger partial charge < -0.3 is 15.8 Å². The smallest absolute Gasteiger partial charge is 0.387 e. The van der Waals surface area contributed by atoms with E-state index in [4.69, 9.17) is 5.73 Å². The molecular weight excluding hydrogens is 278 g/mol. The van der Waals surface area contributed by atoms with Crippen molar-refractivity contribution in [1.29, 1.82) is 0 Å². The van der Waals surface area contributed by atoms with E-state index in [0.29, 0.717) is 18.7 Å². The fourth-order valence-electron chi connectivity index (χ4n) is 1.36. The van der Waals surface area contributed by atoms with Crippen LogP contribution in [0.5, 0.6) is 5.75 Å². The monoisotopic (exact) mass is 294 g/mol. The molecule has 3 N–H and O–H groups in total. The molecule has 0 aliphatic heterocycles. The van der Waals surface area contributed by atoms with Gasteiger partial charge in [-0.3, -0.25) is 4.79 Å². The Hall–Kier alpha value is -1.40. The average Bonchev–Trinajstić information content (AvgIpc) is 2.34. The van der Waals surface area contributed by atoms with Crippen molar-refractivity contribution in [3.8, 4) is 5.75 Å². The molecule has 1 rings (SSSR count). The molecule has 0 saturated carbocycles. The lowest BCUT2D eigenvalue weighted by molar-refractivity contribution is -0.0498. The summed E-state index contributed by atoms with van der Waals surface area (Å²) in [5.74, 6) is -0.208. The molecule has 0 atom stereocenters. The van der Waals surface area contributed by atoms with Crippen molar-refractivity contribution >= 4 is 18.3 Å². The summed E-state index contributed by atoms with van der Waals surface area (Å²) in [6.45, 7) is -1.72. The van der Waals surface area contributed by atoms with Crippen LogP contribution in [-0.4, -0.2) is 25.6 Å². The SMILES string of the molecule is Cl.NCCCCNC(=O)c1ccc(OC(F)F)cc1. The van der Waals surface area contributed by atoms with Crippen LogP contribution in [0, 0.1) is 0 Å². The topological polar surface area (TPSA) is 64.3 Å². The molecule has 1 aromatic carbocycles. The zero-order chi connectivity index (χ0) is 13.4. The van der Waals surface area contributed by atoms with Gasteiger partial charge in [0.05, 0.1) is 0 Å². The van der Waals surface area contributed by atoms with Gasteiger partial charge in [0, 0.05) is 12.1 Å². The van der Waals surface area contributed by atoms with Crippen LogP contribution in [0.3, 0.4) is 0 Å². The first-order valence-electron chi connectivity index (χ1n) is 5.66. The standard InChI is InChI=1S/C12H16F2N2O2.ClH/c13-12(14)18-10-5-3-9(4-6-10)11(17)16-8-2-1-7-15;/h3-6,12H,1-2,7-8,15H2,(H,16,17);1H. The van der Waals surface area contributed by atoms with Gasteiger partial charge in [-0.2, -0.15) is 8.78 Å². The quantitative estimate of drug-likeness (QED) is 0.758. The van der Waals surface area contributed by atoms with Crippen molar-refractivity contribution in [2.24, 2.45) is 5.73 Å². The molecule has 108 valence electrons. The first-order chi connectivity index (χ1) is 8.63. The molecule has 0 radical (unpaired) electrons. The summed E-state index contributed by atoms with van der Waals surface area (Å²) >= 11 is 0. The van der Waals surface area contributed by atoms with Gasteiger partial charge in [0.2, 0.25) is 0 Å². The number of ether oxygens (including phenoxy) is 1. The van der Waals surface area contributed by atoms with E-state index in [9.17, 15) is 13.6 Å². The number of carbonyl (C=O) groups is 1. The summed E-state index contributed by atoms with van der Waals surface area (Å²) in [5.41, 5.74) is 5.73. The Morgan fingerprint density at radius 2 is 1.89 bits per heavy atom. The molecule has 0 fully saturated rings. The Kier molecular flexibility index (Phi) is 8.82. The first kappa shape index (κ1) is 17.6. The molecule has 19 heavy (non-hydrogen) atoms. The van der Waals surface area contributed by atoms with E-state index in [1.54, 1.807) is 0 Å². The Bertz CT molecular complexity index is 374. The molecule has 1 aromatic rings. The van der Waals surface area contributed by atoms with Gasteiger partial charge in [0.1, 0.15) is 5.75 Å². The third-order valence-electron chi connectivity index (χ3n) is 2.26. The van der Waals surface area contributed by atoms with E-state index in [1.807, 2.05) is 0 Å². The lowest BCUT2D eigenvalue weighted by Crippen LogP contribution is -2.24. The highest BCUT2D eigenvalue weighted by atomic mass is 35.5. The van der Waals surface area contributed by atoms with E-state index < -0.39 is 6.61 Å². The van der Waals surface area contributed by atoms with Crippen molar-refractivity contribution in [3.05, 3.63) is 29.8 Å². The van der Waals surface area contributed by atoms with E-state index in [1.165, 1.54) is 24.3 Å².